The van der Waals surface area contributed by atoms with E-state index in [4.69, 9.17) is 4.74 Å². The van der Waals surface area contributed by atoms with Crippen molar-refractivity contribution in [3.05, 3.63) is 11.6 Å². The molecule has 0 saturated carbocycles. The first kappa shape index (κ1) is 19.3. The molecule has 0 aromatic heterocycles. The van der Waals surface area contributed by atoms with Gasteiger partial charge in [0, 0.05) is 12.7 Å². The van der Waals surface area contributed by atoms with Crippen molar-refractivity contribution in [3.63, 3.8) is 0 Å². The Labute approximate surface area is 124 Å². The van der Waals surface area contributed by atoms with Gasteiger partial charge in [-0.2, -0.15) is 0 Å². The van der Waals surface area contributed by atoms with Crippen LogP contribution in [0.3, 0.4) is 0 Å². The maximum atomic E-state index is 11.8. The predicted octanol–water partition coefficient (Wildman–Crippen LogP) is 0.853. The monoisotopic (exact) mass is 301 g/mol. The van der Waals surface area contributed by atoms with Crippen LogP contribution in [0.15, 0.2) is 16.6 Å². The zero-order valence-corrected chi connectivity index (χ0v) is 13.3. The van der Waals surface area contributed by atoms with Crippen LogP contribution >= 0.6 is 0 Å². The number of aliphatic hydroxyl groups is 1. The van der Waals surface area contributed by atoms with Crippen molar-refractivity contribution in [1.29, 1.82) is 0 Å². The lowest BCUT2D eigenvalue weighted by Gasteiger charge is -2.26. The molecule has 0 saturated heterocycles. The van der Waals surface area contributed by atoms with Crippen LogP contribution < -0.4 is 0 Å². The van der Waals surface area contributed by atoms with Crippen molar-refractivity contribution in [2.75, 3.05) is 20.8 Å². The third kappa shape index (κ3) is 6.50. The fourth-order valence-electron chi connectivity index (χ4n) is 1.28. The van der Waals surface area contributed by atoms with Gasteiger partial charge in [0.25, 0.3) is 0 Å². The van der Waals surface area contributed by atoms with Crippen molar-refractivity contribution >= 4 is 18.2 Å². The number of aliphatic imine (C=N–C) groups is 1. The van der Waals surface area contributed by atoms with Crippen LogP contribution in [-0.4, -0.2) is 55.4 Å². The van der Waals surface area contributed by atoms with Crippen LogP contribution in [0, 0.1) is 0 Å². The van der Waals surface area contributed by atoms with Crippen molar-refractivity contribution < 1.29 is 28.9 Å². The number of nitrogens with zero attached hydrogens (tertiary/aromatic N) is 1. The van der Waals surface area contributed by atoms with Crippen molar-refractivity contribution in [2.45, 2.75) is 39.0 Å². The summed E-state index contributed by atoms with van der Waals surface area (Å²) in [6, 6.07) is 0. The molecule has 0 rings (SSSR count). The Bertz CT molecular complexity index is 435. The Balaban J connectivity index is 5.82. The Morgan fingerprint density at radius 1 is 1.19 bits per heavy atom. The Hall–Kier alpha value is -1.73. The molecule has 21 heavy (non-hydrogen) atoms. The van der Waals surface area contributed by atoms with E-state index in [1.54, 1.807) is 27.7 Å². The molecule has 1 atom stereocenters. The van der Waals surface area contributed by atoms with Gasteiger partial charge >= 0.3 is 11.9 Å². The highest BCUT2D eigenvalue weighted by Crippen LogP contribution is 2.20. The van der Waals surface area contributed by atoms with Crippen molar-refractivity contribution in [2.24, 2.45) is 4.99 Å². The van der Waals surface area contributed by atoms with E-state index in [1.807, 2.05) is 0 Å². The highest BCUT2D eigenvalue weighted by Gasteiger charge is 2.37. The molecule has 0 aromatic rings. The standard InChI is InChI=1S/C14H23NO6/c1-7-21-14(18,9-15-13(2,3)4)10(12(17)20-6)8-11(16)19-5/h8-9,18H,7H2,1-6H3/b10-8+,15-9?. The van der Waals surface area contributed by atoms with E-state index in [1.165, 1.54) is 0 Å². The number of rotatable bonds is 6. The van der Waals surface area contributed by atoms with Gasteiger partial charge in [0.1, 0.15) is 5.57 Å². The highest BCUT2D eigenvalue weighted by molar-refractivity contribution is 6.01. The first-order valence-corrected chi connectivity index (χ1v) is 6.40. The molecular weight excluding hydrogens is 278 g/mol. The molecular formula is C14H23NO6. The summed E-state index contributed by atoms with van der Waals surface area (Å²) in [5, 5.41) is 10.5. The Morgan fingerprint density at radius 3 is 2.14 bits per heavy atom. The molecule has 1 N–H and O–H groups in total. The average molecular weight is 301 g/mol. The molecule has 7 nitrogen and oxygen atoms in total. The lowest BCUT2D eigenvalue weighted by atomic mass is 10.1. The molecule has 0 aliphatic heterocycles. The first-order valence-electron chi connectivity index (χ1n) is 6.40. The number of esters is 2. The van der Waals surface area contributed by atoms with Gasteiger partial charge in [-0.1, -0.05) is 0 Å². The average Bonchev–Trinajstić information content (AvgIpc) is 2.41. The van der Waals surface area contributed by atoms with Gasteiger partial charge in [0.05, 0.1) is 26.0 Å². The number of ether oxygens (including phenoxy) is 3. The van der Waals surface area contributed by atoms with Crippen molar-refractivity contribution in [1.82, 2.24) is 0 Å². The van der Waals surface area contributed by atoms with Crippen LogP contribution in [0.4, 0.5) is 0 Å². The molecule has 7 heteroatoms. The third-order valence-corrected chi connectivity index (χ3v) is 2.25. The molecule has 1 unspecified atom stereocenters. The summed E-state index contributed by atoms with van der Waals surface area (Å²) < 4.78 is 14.2. The molecule has 0 fully saturated rings. The van der Waals surface area contributed by atoms with Gasteiger partial charge < -0.3 is 19.3 Å². The van der Waals surface area contributed by atoms with Gasteiger partial charge in [-0.15, -0.1) is 0 Å². The summed E-state index contributed by atoms with van der Waals surface area (Å²) in [7, 11) is 2.28. The van der Waals surface area contributed by atoms with E-state index in [-0.39, 0.29) is 6.61 Å². The number of hydrogen-bond acceptors (Lipinski definition) is 7. The molecule has 0 heterocycles. The number of carbonyl (C=O) groups excluding carboxylic acids is 2. The second kappa shape index (κ2) is 7.90. The summed E-state index contributed by atoms with van der Waals surface area (Å²) in [4.78, 5) is 27.3. The minimum Gasteiger partial charge on any atom is -0.466 e. The van der Waals surface area contributed by atoms with E-state index < -0.39 is 28.8 Å². The minimum atomic E-state index is -2.18. The van der Waals surface area contributed by atoms with Crippen LogP contribution in [-0.2, 0) is 23.8 Å². The van der Waals surface area contributed by atoms with Gasteiger partial charge in [-0.05, 0) is 27.7 Å². The number of carbonyl (C=O) groups is 2. The smallest absolute Gasteiger partial charge is 0.339 e. The van der Waals surface area contributed by atoms with Crippen LogP contribution in [0.2, 0.25) is 0 Å². The maximum absolute atomic E-state index is 11.8. The van der Waals surface area contributed by atoms with Crippen LogP contribution in [0.25, 0.3) is 0 Å². The van der Waals surface area contributed by atoms with E-state index in [0.29, 0.717) is 0 Å². The predicted molar refractivity (Wildman–Crippen MR) is 76.9 cm³/mol. The van der Waals surface area contributed by atoms with E-state index in [0.717, 1.165) is 26.5 Å². The third-order valence-electron chi connectivity index (χ3n) is 2.25. The topological polar surface area (TPSA) is 94.4 Å². The van der Waals surface area contributed by atoms with Gasteiger partial charge in [-0.25, -0.2) is 9.59 Å². The van der Waals surface area contributed by atoms with Crippen LogP contribution in [0.5, 0.6) is 0 Å². The van der Waals surface area contributed by atoms with E-state index in [2.05, 4.69) is 14.5 Å². The van der Waals surface area contributed by atoms with Gasteiger partial charge in [0.2, 0.25) is 5.79 Å². The second-order valence-electron chi connectivity index (χ2n) is 5.13. The molecule has 0 bridgehead atoms. The molecule has 120 valence electrons. The van der Waals surface area contributed by atoms with E-state index >= 15 is 0 Å². The van der Waals surface area contributed by atoms with Crippen molar-refractivity contribution in [3.8, 4) is 0 Å². The Morgan fingerprint density at radius 2 is 1.76 bits per heavy atom. The molecule has 0 aromatic carbocycles. The lowest BCUT2D eigenvalue weighted by Crippen LogP contribution is -2.41. The summed E-state index contributed by atoms with van der Waals surface area (Å²) in [6.45, 7) is 7.12. The zero-order chi connectivity index (χ0) is 16.7. The molecule has 0 radical (unpaired) electrons. The molecule has 0 amide bonds. The normalized spacial score (nSPS) is 15.7. The number of methoxy groups -OCH3 is 2. The molecule has 0 spiro atoms. The fourth-order valence-corrected chi connectivity index (χ4v) is 1.28. The summed E-state index contributed by atoms with van der Waals surface area (Å²) in [5.74, 6) is -3.92. The van der Waals surface area contributed by atoms with Gasteiger partial charge in [-0.3, -0.25) is 4.99 Å². The maximum Gasteiger partial charge on any atom is 0.339 e. The minimum absolute atomic E-state index is 0.0855. The summed E-state index contributed by atoms with van der Waals surface area (Å²) in [5.41, 5.74) is -0.913. The van der Waals surface area contributed by atoms with Gasteiger partial charge in [0.15, 0.2) is 0 Å². The first-order chi connectivity index (χ1) is 9.59. The SMILES string of the molecule is CCOC(O)(C=NC(C)(C)C)/C(=C/C(=O)OC)C(=O)OC. The highest BCUT2D eigenvalue weighted by atomic mass is 16.6. The zero-order valence-electron chi connectivity index (χ0n) is 13.3. The summed E-state index contributed by atoms with van der Waals surface area (Å²) >= 11 is 0. The Kier molecular flexibility index (Phi) is 7.25. The number of hydrogen-bond donors (Lipinski definition) is 1. The molecule has 0 aliphatic rings. The summed E-state index contributed by atoms with van der Waals surface area (Å²) in [6.07, 6.45) is 1.89. The molecule has 0 aliphatic carbocycles. The lowest BCUT2D eigenvalue weighted by molar-refractivity contribution is -0.152. The largest absolute Gasteiger partial charge is 0.466 e. The quantitative estimate of drug-likeness (QED) is 0.338. The second-order valence-corrected chi connectivity index (χ2v) is 5.13. The van der Waals surface area contributed by atoms with E-state index in [9.17, 15) is 14.7 Å². The van der Waals surface area contributed by atoms with Crippen LogP contribution in [0.1, 0.15) is 27.7 Å². The fraction of sp³-hybridized carbons (Fsp3) is 0.643.